The van der Waals surface area contributed by atoms with Gasteiger partial charge in [0.1, 0.15) is 0 Å². The van der Waals surface area contributed by atoms with Crippen LogP contribution in [0.15, 0.2) is 0 Å². The molecule has 1 heterocycles. The number of tetrazole rings is 1. The molecule has 0 unspecified atom stereocenters. The second kappa shape index (κ2) is 5.28. The summed E-state index contributed by atoms with van der Waals surface area (Å²) in [5, 5.41) is 16.5. The van der Waals surface area contributed by atoms with E-state index in [1.807, 2.05) is 6.92 Å². The Bertz CT molecular complexity index is 296. The lowest BCUT2D eigenvalue weighted by molar-refractivity contribution is -0.115. The third kappa shape index (κ3) is 3.48. The highest BCUT2D eigenvalue weighted by Crippen LogP contribution is 1.90. The van der Waals surface area contributed by atoms with E-state index in [9.17, 15) is 4.79 Å². The van der Waals surface area contributed by atoms with E-state index < -0.39 is 0 Å². The number of hydrogen-bond acceptors (Lipinski definition) is 5. The van der Waals surface area contributed by atoms with Gasteiger partial charge in [0.15, 0.2) is 0 Å². The van der Waals surface area contributed by atoms with E-state index in [4.69, 9.17) is 0 Å². The number of carbonyl (C=O) groups excluding carboxylic acids is 1. The van der Waals surface area contributed by atoms with Crippen molar-refractivity contribution in [1.82, 2.24) is 25.5 Å². The molecule has 0 atom stereocenters. The van der Waals surface area contributed by atoms with E-state index in [2.05, 4.69) is 26.0 Å². The van der Waals surface area contributed by atoms with Crippen LogP contribution >= 0.6 is 0 Å². The van der Waals surface area contributed by atoms with Crippen LogP contribution in [0.25, 0.3) is 0 Å². The van der Waals surface area contributed by atoms with Gasteiger partial charge < -0.3 is 5.32 Å². The highest BCUT2D eigenvalue weighted by atomic mass is 16.2. The fourth-order valence-electron chi connectivity index (χ4n) is 0.882. The zero-order valence-corrected chi connectivity index (χ0v) is 8.32. The van der Waals surface area contributed by atoms with Gasteiger partial charge in [-0.2, -0.15) is 4.80 Å². The summed E-state index contributed by atoms with van der Waals surface area (Å²) in [7, 11) is 1.64. The molecule has 0 aliphatic heterocycles. The Hall–Kier alpha value is -1.50. The Balaban J connectivity index is 2.27. The molecule has 1 rings (SSSR count). The lowest BCUT2D eigenvalue weighted by Gasteiger charge is -2.01. The third-order valence-corrected chi connectivity index (χ3v) is 1.47. The van der Waals surface area contributed by atoms with Crippen molar-refractivity contribution in [2.45, 2.75) is 13.3 Å². The Labute approximate surface area is 81.9 Å². The molecule has 78 valence electrons. The van der Waals surface area contributed by atoms with Crippen molar-refractivity contribution < 1.29 is 4.79 Å². The first-order chi connectivity index (χ1) is 6.72. The molecule has 0 saturated heterocycles. The Morgan fingerprint density at radius 2 is 2.36 bits per heavy atom. The van der Waals surface area contributed by atoms with Gasteiger partial charge in [-0.15, -0.1) is 5.10 Å². The van der Waals surface area contributed by atoms with Crippen LogP contribution in [-0.2, 0) is 11.8 Å². The van der Waals surface area contributed by atoms with Crippen LogP contribution in [0.5, 0.6) is 0 Å². The minimum Gasteiger partial charge on any atom is -0.308 e. The number of nitrogens with one attached hydrogen (secondary N) is 2. The fraction of sp³-hybridized carbons (Fsp3) is 0.714. The molecule has 0 bridgehead atoms. The minimum absolute atomic E-state index is 0.161. The van der Waals surface area contributed by atoms with Gasteiger partial charge >= 0.3 is 0 Å². The predicted molar refractivity (Wildman–Crippen MR) is 50.6 cm³/mol. The number of hydrogen-bond donors (Lipinski definition) is 2. The van der Waals surface area contributed by atoms with Crippen LogP contribution in [0.4, 0.5) is 5.95 Å². The molecule has 0 aliphatic rings. The van der Waals surface area contributed by atoms with Gasteiger partial charge in [0.05, 0.1) is 13.6 Å². The summed E-state index contributed by atoms with van der Waals surface area (Å²) in [5.41, 5.74) is 0. The first-order valence-corrected chi connectivity index (χ1v) is 4.47. The third-order valence-electron chi connectivity index (χ3n) is 1.47. The summed E-state index contributed by atoms with van der Waals surface area (Å²) in [6.45, 7) is 3.13. The summed E-state index contributed by atoms with van der Waals surface area (Å²) in [5.74, 6) is 0.0715. The first kappa shape index (κ1) is 10.6. The summed E-state index contributed by atoms with van der Waals surface area (Å²) in [4.78, 5) is 12.5. The largest absolute Gasteiger partial charge is 0.308 e. The van der Waals surface area contributed by atoms with E-state index in [0.717, 1.165) is 13.0 Å². The minimum atomic E-state index is -0.161. The zero-order chi connectivity index (χ0) is 10.4. The zero-order valence-electron chi connectivity index (χ0n) is 8.32. The molecular formula is C7H14N6O. The highest BCUT2D eigenvalue weighted by molar-refractivity contribution is 5.90. The molecule has 7 heteroatoms. The van der Waals surface area contributed by atoms with Crippen molar-refractivity contribution in [3.05, 3.63) is 0 Å². The van der Waals surface area contributed by atoms with E-state index in [1.54, 1.807) is 7.05 Å². The maximum Gasteiger partial charge on any atom is 0.270 e. The molecule has 0 aromatic carbocycles. The molecule has 7 nitrogen and oxygen atoms in total. The van der Waals surface area contributed by atoms with Crippen LogP contribution in [0.3, 0.4) is 0 Å². The molecule has 0 saturated carbocycles. The van der Waals surface area contributed by atoms with Crippen LogP contribution in [0, 0.1) is 0 Å². The first-order valence-electron chi connectivity index (χ1n) is 4.47. The predicted octanol–water partition coefficient (Wildman–Crippen LogP) is -0.852. The Morgan fingerprint density at radius 1 is 1.57 bits per heavy atom. The monoisotopic (exact) mass is 198 g/mol. The topological polar surface area (TPSA) is 84.7 Å². The number of nitrogens with zero attached hydrogens (tertiary/aromatic N) is 4. The van der Waals surface area contributed by atoms with E-state index in [1.165, 1.54) is 4.80 Å². The van der Waals surface area contributed by atoms with Gasteiger partial charge in [-0.25, -0.2) is 0 Å². The van der Waals surface area contributed by atoms with E-state index in [0.29, 0.717) is 0 Å². The van der Waals surface area contributed by atoms with E-state index >= 15 is 0 Å². The lowest BCUT2D eigenvalue weighted by atomic mass is 10.4. The quantitative estimate of drug-likeness (QED) is 0.602. The number of rotatable bonds is 5. The van der Waals surface area contributed by atoms with Crippen LogP contribution in [0.1, 0.15) is 13.3 Å². The van der Waals surface area contributed by atoms with Crippen molar-refractivity contribution >= 4 is 11.9 Å². The van der Waals surface area contributed by atoms with Gasteiger partial charge in [0.25, 0.3) is 5.95 Å². The molecule has 14 heavy (non-hydrogen) atoms. The number of aromatic nitrogens is 4. The Morgan fingerprint density at radius 3 is 2.93 bits per heavy atom. The van der Waals surface area contributed by atoms with Gasteiger partial charge in [0.2, 0.25) is 5.91 Å². The summed E-state index contributed by atoms with van der Waals surface area (Å²) < 4.78 is 0. The van der Waals surface area contributed by atoms with Crippen LogP contribution < -0.4 is 10.6 Å². The van der Waals surface area contributed by atoms with Crippen molar-refractivity contribution in [2.24, 2.45) is 7.05 Å². The molecule has 1 aromatic heterocycles. The van der Waals surface area contributed by atoms with Crippen LogP contribution in [-0.4, -0.2) is 39.2 Å². The van der Waals surface area contributed by atoms with Crippen LogP contribution in [0.2, 0.25) is 0 Å². The number of anilines is 1. The Kier molecular flexibility index (Phi) is 3.99. The fourth-order valence-corrected chi connectivity index (χ4v) is 0.882. The van der Waals surface area contributed by atoms with Gasteiger partial charge in [-0.1, -0.05) is 12.0 Å². The highest BCUT2D eigenvalue weighted by Gasteiger charge is 2.04. The number of amides is 1. The van der Waals surface area contributed by atoms with Crippen molar-refractivity contribution in [1.29, 1.82) is 0 Å². The molecule has 0 aliphatic carbocycles. The SMILES string of the molecule is CCCNCC(=O)Nc1nnn(C)n1. The standard InChI is InChI=1S/C7H14N6O/c1-3-4-8-5-6(14)9-7-10-12-13(2)11-7/h8H,3-5H2,1-2H3,(H,9,11,14). The number of carbonyl (C=O) groups is 1. The maximum absolute atomic E-state index is 11.2. The van der Waals surface area contributed by atoms with Gasteiger partial charge in [-0.05, 0) is 18.2 Å². The van der Waals surface area contributed by atoms with E-state index in [-0.39, 0.29) is 18.4 Å². The lowest BCUT2D eigenvalue weighted by Crippen LogP contribution is -2.28. The van der Waals surface area contributed by atoms with Crippen molar-refractivity contribution in [3.8, 4) is 0 Å². The smallest absolute Gasteiger partial charge is 0.270 e. The average Bonchev–Trinajstić information content (AvgIpc) is 2.52. The number of aryl methyl sites for hydroxylation is 1. The maximum atomic E-state index is 11.2. The normalized spacial score (nSPS) is 10.1. The molecule has 0 radical (unpaired) electrons. The average molecular weight is 198 g/mol. The van der Waals surface area contributed by atoms with Crippen molar-refractivity contribution in [2.75, 3.05) is 18.4 Å². The summed E-state index contributed by atoms with van der Waals surface area (Å²) in [6, 6.07) is 0. The summed E-state index contributed by atoms with van der Waals surface area (Å²) >= 11 is 0. The molecule has 0 fully saturated rings. The molecule has 1 amide bonds. The molecule has 2 N–H and O–H groups in total. The van der Waals surface area contributed by atoms with Gasteiger partial charge in [-0.3, -0.25) is 10.1 Å². The van der Waals surface area contributed by atoms with Gasteiger partial charge in [0, 0.05) is 0 Å². The molecule has 1 aromatic rings. The summed E-state index contributed by atoms with van der Waals surface area (Å²) in [6.07, 6.45) is 0.997. The van der Waals surface area contributed by atoms with Crippen molar-refractivity contribution in [3.63, 3.8) is 0 Å². The molecular weight excluding hydrogens is 184 g/mol. The second-order valence-electron chi connectivity index (χ2n) is 2.83. The molecule has 0 spiro atoms. The second-order valence-corrected chi connectivity index (χ2v) is 2.83.